The Morgan fingerprint density at radius 3 is 0.680 bits per heavy atom. The van der Waals surface area contributed by atoms with Crippen molar-refractivity contribution in [1.29, 1.82) is 0 Å². The number of unbranched alkanes of at least 4 members (excludes halogenated alkanes) is 53. The molecule has 0 bridgehead atoms. The average molecular weight is 1470 g/mol. The molecule has 19 heteroatoms. The van der Waals surface area contributed by atoms with Gasteiger partial charge in [0.05, 0.1) is 26.4 Å². The minimum absolute atomic E-state index is 0.108. The first-order chi connectivity index (χ1) is 48.5. The summed E-state index contributed by atoms with van der Waals surface area (Å²) in [4.78, 5) is 72.7. The monoisotopic (exact) mass is 1470 g/mol. The molecule has 17 nitrogen and oxygen atoms in total. The predicted molar refractivity (Wildman–Crippen MR) is 409 cm³/mol. The van der Waals surface area contributed by atoms with E-state index in [4.69, 9.17) is 37.0 Å². The zero-order valence-corrected chi connectivity index (χ0v) is 67.1. The summed E-state index contributed by atoms with van der Waals surface area (Å²) < 4.78 is 68.5. The number of rotatable bonds is 81. The van der Waals surface area contributed by atoms with E-state index < -0.39 is 97.5 Å². The summed E-state index contributed by atoms with van der Waals surface area (Å²) >= 11 is 0. The first-order valence-corrected chi connectivity index (χ1v) is 45.1. The van der Waals surface area contributed by atoms with Crippen molar-refractivity contribution in [2.45, 2.75) is 451 Å². The van der Waals surface area contributed by atoms with Crippen LogP contribution in [0.25, 0.3) is 0 Å². The van der Waals surface area contributed by atoms with Crippen molar-refractivity contribution in [1.82, 2.24) is 0 Å². The SMILES string of the molecule is CCCCCCCCCCCCCCCCCCCCCCCC(=O)O[C@H](COC(=O)CCCCCCCCCCCCCCCCCC(C)C)COP(=O)(O)OC[C@@H](O)COP(=O)(O)OC[C@@H](COC(=O)CCCCCCC)OC(=O)CCCCCCCCCCCCCCCCCC. The molecule has 0 radical (unpaired) electrons. The lowest BCUT2D eigenvalue weighted by atomic mass is 10.0. The van der Waals surface area contributed by atoms with Crippen molar-refractivity contribution in [3.8, 4) is 0 Å². The van der Waals surface area contributed by atoms with E-state index in [0.29, 0.717) is 25.7 Å². The molecule has 594 valence electrons. The average Bonchev–Trinajstić information content (AvgIpc) is 0.912. The number of aliphatic hydroxyl groups is 1. The Labute approximate surface area is 613 Å². The van der Waals surface area contributed by atoms with Gasteiger partial charge in [0, 0.05) is 25.7 Å². The van der Waals surface area contributed by atoms with Gasteiger partial charge in [-0.1, -0.05) is 381 Å². The maximum absolute atomic E-state index is 13.1. The molecule has 0 aliphatic heterocycles. The van der Waals surface area contributed by atoms with E-state index in [1.54, 1.807) is 0 Å². The lowest BCUT2D eigenvalue weighted by Crippen LogP contribution is -2.30. The van der Waals surface area contributed by atoms with Crippen LogP contribution in [0.15, 0.2) is 0 Å². The van der Waals surface area contributed by atoms with Gasteiger partial charge in [0.25, 0.3) is 0 Å². The minimum atomic E-state index is -4.96. The summed E-state index contributed by atoms with van der Waals surface area (Å²) in [7, 11) is -9.91. The molecule has 2 unspecified atom stereocenters. The lowest BCUT2D eigenvalue weighted by molar-refractivity contribution is -0.161. The Kier molecular flexibility index (Phi) is 72.5. The number of ether oxygens (including phenoxy) is 4. The van der Waals surface area contributed by atoms with Crippen molar-refractivity contribution in [2.75, 3.05) is 39.6 Å². The number of aliphatic hydroxyl groups excluding tert-OH is 1. The van der Waals surface area contributed by atoms with E-state index in [2.05, 4.69) is 34.6 Å². The number of carbonyl (C=O) groups excluding carboxylic acids is 4. The Morgan fingerprint density at radius 2 is 0.460 bits per heavy atom. The Morgan fingerprint density at radius 1 is 0.270 bits per heavy atom. The Balaban J connectivity index is 5.11. The largest absolute Gasteiger partial charge is 0.472 e. The van der Waals surface area contributed by atoms with Crippen LogP contribution in [-0.2, 0) is 65.4 Å². The standard InChI is InChI=1S/C81H158O17P2/c1-6-9-12-15-17-19-21-23-25-27-28-29-30-31-35-40-44-48-52-57-62-67-81(86)98-77(71-92-79(84)65-60-55-50-46-42-38-36-32-33-37-41-45-49-54-58-63-74(4)5)73-96-100(89,90)94-69-75(82)68-93-99(87,88)95-72-76(70-91-78(83)64-59-53-14-11-8-3)97-80(85)66-61-56-51-47-43-39-34-26-24-22-20-18-16-13-10-7-2/h74-77,82H,6-73H2,1-5H3,(H,87,88)(H,89,90)/t75-,76+,77+/m0/s1. The third-order valence-corrected chi connectivity index (χ3v) is 20.9. The van der Waals surface area contributed by atoms with Gasteiger partial charge in [-0.05, 0) is 31.6 Å². The second-order valence-corrected chi connectivity index (χ2v) is 32.5. The summed E-state index contributed by atoms with van der Waals surface area (Å²) in [6.07, 6.45) is 65.7. The number of hydrogen-bond acceptors (Lipinski definition) is 15. The third kappa shape index (κ3) is 74.3. The van der Waals surface area contributed by atoms with Crippen LogP contribution in [0, 0.1) is 5.92 Å². The van der Waals surface area contributed by atoms with Crippen LogP contribution in [0.2, 0.25) is 0 Å². The van der Waals surface area contributed by atoms with Gasteiger partial charge < -0.3 is 33.8 Å². The highest BCUT2D eigenvalue weighted by molar-refractivity contribution is 7.47. The van der Waals surface area contributed by atoms with E-state index in [1.807, 2.05) is 0 Å². The normalized spacial score (nSPS) is 13.8. The summed E-state index contributed by atoms with van der Waals surface area (Å²) in [6, 6.07) is 0. The lowest BCUT2D eigenvalue weighted by Gasteiger charge is -2.21. The topological polar surface area (TPSA) is 237 Å². The molecule has 0 aliphatic rings. The molecule has 0 fully saturated rings. The van der Waals surface area contributed by atoms with Gasteiger partial charge in [0.15, 0.2) is 12.2 Å². The smallest absolute Gasteiger partial charge is 0.462 e. The molecule has 0 heterocycles. The molecular formula is C81H158O17P2. The van der Waals surface area contributed by atoms with Gasteiger partial charge in [-0.2, -0.15) is 0 Å². The summed E-state index contributed by atoms with van der Waals surface area (Å²) in [6.45, 7) is 7.27. The molecule has 0 rings (SSSR count). The predicted octanol–water partition coefficient (Wildman–Crippen LogP) is 24.4. The number of phosphoric acid groups is 2. The molecule has 0 aromatic rings. The second kappa shape index (κ2) is 73.9. The highest BCUT2D eigenvalue weighted by Crippen LogP contribution is 2.45. The van der Waals surface area contributed by atoms with Crippen LogP contribution >= 0.6 is 15.6 Å². The van der Waals surface area contributed by atoms with Crippen molar-refractivity contribution in [3.63, 3.8) is 0 Å². The first-order valence-electron chi connectivity index (χ1n) is 42.1. The highest BCUT2D eigenvalue weighted by Gasteiger charge is 2.30. The zero-order chi connectivity index (χ0) is 73.4. The molecular weight excluding hydrogens is 1310 g/mol. The quantitative estimate of drug-likeness (QED) is 0.0222. The summed E-state index contributed by atoms with van der Waals surface area (Å²) in [5.74, 6) is -1.31. The number of hydrogen-bond donors (Lipinski definition) is 3. The Bertz CT molecular complexity index is 1910. The van der Waals surface area contributed by atoms with Crippen molar-refractivity contribution < 1.29 is 80.2 Å². The maximum Gasteiger partial charge on any atom is 0.472 e. The van der Waals surface area contributed by atoms with Crippen LogP contribution in [-0.4, -0.2) is 96.7 Å². The maximum atomic E-state index is 13.1. The molecule has 0 spiro atoms. The van der Waals surface area contributed by atoms with Crippen molar-refractivity contribution >= 4 is 39.5 Å². The fraction of sp³-hybridized carbons (Fsp3) is 0.951. The highest BCUT2D eigenvalue weighted by atomic mass is 31.2. The van der Waals surface area contributed by atoms with Gasteiger partial charge in [-0.3, -0.25) is 37.3 Å². The van der Waals surface area contributed by atoms with E-state index in [-0.39, 0.29) is 25.7 Å². The van der Waals surface area contributed by atoms with E-state index in [0.717, 1.165) is 102 Å². The van der Waals surface area contributed by atoms with Gasteiger partial charge in [0.1, 0.15) is 19.3 Å². The van der Waals surface area contributed by atoms with E-state index >= 15 is 0 Å². The van der Waals surface area contributed by atoms with Crippen molar-refractivity contribution in [2.24, 2.45) is 5.92 Å². The minimum Gasteiger partial charge on any atom is -0.462 e. The fourth-order valence-electron chi connectivity index (χ4n) is 12.6. The molecule has 0 saturated carbocycles. The summed E-state index contributed by atoms with van der Waals surface area (Å²) in [5.41, 5.74) is 0. The molecule has 100 heavy (non-hydrogen) atoms. The first kappa shape index (κ1) is 98.1. The van der Waals surface area contributed by atoms with Crippen LogP contribution in [0.5, 0.6) is 0 Å². The number of esters is 4. The fourth-order valence-corrected chi connectivity index (χ4v) is 14.2. The molecule has 0 aromatic heterocycles. The van der Waals surface area contributed by atoms with E-state index in [1.165, 1.54) is 250 Å². The third-order valence-electron chi connectivity index (χ3n) is 19.0. The molecule has 0 aliphatic carbocycles. The number of carbonyl (C=O) groups is 4. The number of phosphoric ester groups is 2. The van der Waals surface area contributed by atoms with Gasteiger partial charge in [0.2, 0.25) is 0 Å². The second-order valence-electron chi connectivity index (χ2n) is 29.6. The molecule has 0 amide bonds. The molecule has 0 aromatic carbocycles. The van der Waals surface area contributed by atoms with Crippen LogP contribution in [0.1, 0.15) is 433 Å². The Hall–Kier alpha value is -1.94. The van der Waals surface area contributed by atoms with Crippen LogP contribution in [0.3, 0.4) is 0 Å². The van der Waals surface area contributed by atoms with Gasteiger partial charge in [-0.15, -0.1) is 0 Å². The molecule has 3 N–H and O–H groups in total. The summed E-state index contributed by atoms with van der Waals surface area (Å²) in [5, 5.41) is 10.6. The van der Waals surface area contributed by atoms with Crippen molar-refractivity contribution in [3.05, 3.63) is 0 Å². The molecule has 0 saturated heterocycles. The molecule has 5 atom stereocenters. The van der Waals surface area contributed by atoms with Gasteiger partial charge >= 0.3 is 39.5 Å². The zero-order valence-electron chi connectivity index (χ0n) is 65.3. The van der Waals surface area contributed by atoms with Gasteiger partial charge in [-0.25, -0.2) is 9.13 Å². The van der Waals surface area contributed by atoms with E-state index in [9.17, 15) is 43.2 Å². The van der Waals surface area contributed by atoms with Crippen LogP contribution < -0.4 is 0 Å². The van der Waals surface area contributed by atoms with Crippen LogP contribution in [0.4, 0.5) is 0 Å².